The molecule has 0 amide bonds. The summed E-state index contributed by atoms with van der Waals surface area (Å²) in [6.45, 7) is 1.84. The number of phenols is 1. The number of nitrogens with one attached hydrogen (secondary N) is 1. The second-order valence-electron chi connectivity index (χ2n) is 4.40. The average Bonchev–Trinajstić information content (AvgIpc) is 3.02. The maximum atomic E-state index is 9.12. The van der Waals surface area contributed by atoms with Gasteiger partial charge in [-0.3, -0.25) is 0 Å². The van der Waals surface area contributed by atoms with Crippen molar-refractivity contribution in [2.75, 3.05) is 12.4 Å². The average molecular weight is 226 g/mol. The monoisotopic (exact) mass is 225 g/mol. The lowest BCUT2D eigenvalue weighted by Crippen LogP contribution is -2.24. The van der Waals surface area contributed by atoms with Crippen LogP contribution >= 0.6 is 11.6 Å². The molecule has 0 spiro atoms. The fraction of sp³-hybridized carbons (Fsp3) is 0.500. The van der Waals surface area contributed by atoms with Crippen LogP contribution in [0.25, 0.3) is 0 Å². The molecule has 0 radical (unpaired) electrons. The third kappa shape index (κ3) is 2.86. The first kappa shape index (κ1) is 10.8. The number of aromatic hydroxyl groups is 1. The molecule has 2 rings (SSSR count). The zero-order valence-electron chi connectivity index (χ0n) is 8.67. The topological polar surface area (TPSA) is 32.3 Å². The number of phenolic OH excluding ortho intramolecular Hbond substituents is 1. The molecule has 1 aromatic rings. The first-order valence-corrected chi connectivity index (χ1v) is 5.82. The molecule has 2 nitrogen and oxygen atoms in total. The Balaban J connectivity index is 1.76. The van der Waals surface area contributed by atoms with E-state index in [9.17, 15) is 0 Å². The van der Waals surface area contributed by atoms with Gasteiger partial charge in [0.05, 0.1) is 0 Å². The van der Waals surface area contributed by atoms with Gasteiger partial charge in [-0.15, -0.1) is 11.6 Å². The number of alkyl halides is 1. The molecule has 0 unspecified atom stereocenters. The maximum Gasteiger partial charge on any atom is 0.115 e. The third-order valence-electron chi connectivity index (χ3n) is 3.01. The van der Waals surface area contributed by atoms with E-state index >= 15 is 0 Å². The molecule has 2 N–H and O–H groups in total. The number of halogens is 1. The van der Waals surface area contributed by atoms with Crippen LogP contribution in [0.3, 0.4) is 0 Å². The van der Waals surface area contributed by atoms with Crippen molar-refractivity contribution in [3.63, 3.8) is 0 Å². The molecule has 0 atom stereocenters. The quantitative estimate of drug-likeness (QED) is 0.755. The van der Waals surface area contributed by atoms with E-state index in [0.29, 0.717) is 11.2 Å². The van der Waals surface area contributed by atoms with Gasteiger partial charge in [-0.25, -0.2) is 0 Å². The SMILES string of the molecule is Oc1ccc(CNCC2(CCl)CC2)cc1. The van der Waals surface area contributed by atoms with Gasteiger partial charge in [0.2, 0.25) is 0 Å². The molecule has 82 valence electrons. The predicted molar refractivity (Wildman–Crippen MR) is 62.2 cm³/mol. The van der Waals surface area contributed by atoms with Crippen LogP contribution in [-0.2, 0) is 6.54 Å². The molecule has 1 aliphatic rings. The van der Waals surface area contributed by atoms with Crippen LogP contribution in [0.5, 0.6) is 5.75 Å². The van der Waals surface area contributed by atoms with Crippen molar-refractivity contribution in [2.45, 2.75) is 19.4 Å². The second-order valence-corrected chi connectivity index (χ2v) is 4.67. The Morgan fingerprint density at radius 3 is 2.47 bits per heavy atom. The van der Waals surface area contributed by atoms with Crippen molar-refractivity contribution in [2.24, 2.45) is 5.41 Å². The highest BCUT2D eigenvalue weighted by Crippen LogP contribution is 2.45. The lowest BCUT2D eigenvalue weighted by atomic mass is 10.1. The minimum Gasteiger partial charge on any atom is -0.508 e. The second kappa shape index (κ2) is 4.42. The zero-order chi connectivity index (χ0) is 10.7. The molecule has 1 fully saturated rings. The molecule has 1 aromatic carbocycles. The summed E-state index contributed by atoms with van der Waals surface area (Å²) < 4.78 is 0. The molecule has 0 heterocycles. The summed E-state index contributed by atoms with van der Waals surface area (Å²) in [6.07, 6.45) is 2.50. The lowest BCUT2D eigenvalue weighted by Gasteiger charge is -2.12. The summed E-state index contributed by atoms with van der Waals surface area (Å²) in [5.41, 5.74) is 1.57. The van der Waals surface area contributed by atoms with E-state index in [2.05, 4.69) is 5.32 Å². The number of hydrogen-bond acceptors (Lipinski definition) is 2. The minimum atomic E-state index is 0.318. The fourth-order valence-electron chi connectivity index (χ4n) is 1.62. The van der Waals surface area contributed by atoms with Crippen LogP contribution in [0, 0.1) is 5.41 Å². The molecular formula is C12H16ClNO. The molecule has 0 saturated heterocycles. The van der Waals surface area contributed by atoms with Gasteiger partial charge in [0.1, 0.15) is 5.75 Å². The highest BCUT2D eigenvalue weighted by Gasteiger charge is 2.40. The summed E-state index contributed by atoms with van der Waals surface area (Å²) >= 11 is 5.89. The van der Waals surface area contributed by atoms with Crippen molar-refractivity contribution in [1.82, 2.24) is 5.32 Å². The van der Waals surface area contributed by atoms with E-state index < -0.39 is 0 Å². The van der Waals surface area contributed by atoms with Crippen molar-refractivity contribution < 1.29 is 5.11 Å². The first-order valence-electron chi connectivity index (χ1n) is 5.29. The van der Waals surface area contributed by atoms with Gasteiger partial charge in [-0.05, 0) is 36.0 Å². The summed E-state index contributed by atoms with van der Waals surface area (Å²) in [5, 5.41) is 12.5. The molecule has 15 heavy (non-hydrogen) atoms. The van der Waals surface area contributed by atoms with Gasteiger partial charge >= 0.3 is 0 Å². The van der Waals surface area contributed by atoms with Gasteiger partial charge in [0.25, 0.3) is 0 Å². The van der Waals surface area contributed by atoms with Gasteiger partial charge in [-0.1, -0.05) is 12.1 Å². The Labute approximate surface area is 95.3 Å². The Morgan fingerprint density at radius 2 is 1.93 bits per heavy atom. The van der Waals surface area contributed by atoms with Crippen LogP contribution in [0.1, 0.15) is 18.4 Å². The van der Waals surface area contributed by atoms with E-state index in [1.807, 2.05) is 12.1 Å². The molecular weight excluding hydrogens is 210 g/mol. The van der Waals surface area contributed by atoms with Crippen molar-refractivity contribution >= 4 is 11.6 Å². The normalized spacial score (nSPS) is 17.7. The molecule has 0 aliphatic heterocycles. The van der Waals surface area contributed by atoms with Crippen LogP contribution < -0.4 is 5.32 Å². The van der Waals surface area contributed by atoms with E-state index in [0.717, 1.165) is 19.0 Å². The van der Waals surface area contributed by atoms with E-state index in [1.165, 1.54) is 18.4 Å². The van der Waals surface area contributed by atoms with Gasteiger partial charge < -0.3 is 10.4 Å². The molecule has 3 heteroatoms. The van der Waals surface area contributed by atoms with Gasteiger partial charge in [0.15, 0.2) is 0 Å². The highest BCUT2D eigenvalue weighted by atomic mass is 35.5. The van der Waals surface area contributed by atoms with E-state index in [-0.39, 0.29) is 0 Å². The van der Waals surface area contributed by atoms with Crippen molar-refractivity contribution in [3.05, 3.63) is 29.8 Å². The number of benzene rings is 1. The van der Waals surface area contributed by atoms with E-state index in [4.69, 9.17) is 16.7 Å². The van der Waals surface area contributed by atoms with Gasteiger partial charge in [-0.2, -0.15) is 0 Å². The standard InChI is InChI=1S/C12H16ClNO/c13-8-12(5-6-12)9-14-7-10-1-3-11(15)4-2-10/h1-4,14-15H,5-9H2. The van der Waals surface area contributed by atoms with Crippen molar-refractivity contribution in [1.29, 1.82) is 0 Å². The lowest BCUT2D eigenvalue weighted by molar-refractivity contribution is 0.474. The molecule has 1 saturated carbocycles. The van der Waals surface area contributed by atoms with Gasteiger partial charge in [0, 0.05) is 19.0 Å². The van der Waals surface area contributed by atoms with Crippen LogP contribution in [0.15, 0.2) is 24.3 Å². The Hall–Kier alpha value is -0.730. The number of hydrogen-bond donors (Lipinski definition) is 2. The third-order valence-corrected chi connectivity index (χ3v) is 3.57. The summed E-state index contributed by atoms with van der Waals surface area (Å²) in [5.74, 6) is 1.08. The maximum absolute atomic E-state index is 9.12. The van der Waals surface area contributed by atoms with E-state index in [1.54, 1.807) is 12.1 Å². The number of rotatable bonds is 5. The Bertz CT molecular complexity index is 319. The summed E-state index contributed by atoms with van der Waals surface area (Å²) in [4.78, 5) is 0. The first-order chi connectivity index (χ1) is 7.24. The van der Waals surface area contributed by atoms with Crippen molar-refractivity contribution in [3.8, 4) is 5.75 Å². The predicted octanol–water partition coefficient (Wildman–Crippen LogP) is 2.50. The minimum absolute atomic E-state index is 0.318. The zero-order valence-corrected chi connectivity index (χ0v) is 9.43. The summed E-state index contributed by atoms with van der Waals surface area (Å²) in [7, 11) is 0. The van der Waals surface area contributed by atoms with Crippen LogP contribution in [-0.4, -0.2) is 17.5 Å². The smallest absolute Gasteiger partial charge is 0.115 e. The molecule has 1 aliphatic carbocycles. The van der Waals surface area contributed by atoms with Crippen LogP contribution in [0.2, 0.25) is 0 Å². The Morgan fingerprint density at radius 1 is 1.27 bits per heavy atom. The Kier molecular flexibility index (Phi) is 3.17. The molecule has 0 bridgehead atoms. The largest absolute Gasteiger partial charge is 0.508 e. The highest BCUT2D eigenvalue weighted by molar-refractivity contribution is 6.18. The molecule has 0 aromatic heterocycles. The van der Waals surface area contributed by atoms with Crippen LogP contribution in [0.4, 0.5) is 0 Å². The fourth-order valence-corrected chi connectivity index (χ4v) is 1.98. The summed E-state index contributed by atoms with van der Waals surface area (Å²) in [6, 6.07) is 7.29.